The van der Waals surface area contributed by atoms with E-state index in [0.717, 1.165) is 10.2 Å². The second-order valence-corrected chi connectivity index (χ2v) is 7.92. The Balaban J connectivity index is 1.74. The van der Waals surface area contributed by atoms with Gasteiger partial charge in [0.15, 0.2) is 5.82 Å². The normalized spacial score (nSPS) is 10.8. The number of nitrogens with zero attached hydrogens (tertiary/aromatic N) is 6. The molecule has 0 aliphatic carbocycles. The summed E-state index contributed by atoms with van der Waals surface area (Å²) in [6.45, 7) is 1.14. The maximum Gasteiger partial charge on any atom is 0.468 e. The van der Waals surface area contributed by atoms with Gasteiger partial charge in [-0.3, -0.25) is 19.6 Å². The van der Waals surface area contributed by atoms with Crippen molar-refractivity contribution in [2.75, 3.05) is 5.32 Å². The summed E-state index contributed by atoms with van der Waals surface area (Å²) >= 11 is 15.2. The van der Waals surface area contributed by atoms with Gasteiger partial charge in [0, 0.05) is 6.20 Å². The van der Waals surface area contributed by atoms with E-state index in [9.17, 15) is 25.0 Å². The lowest BCUT2D eigenvalue weighted by atomic mass is 10.2. The number of aromatic nitrogens is 4. The van der Waals surface area contributed by atoms with Crippen LogP contribution in [0.25, 0.3) is 0 Å². The SMILES string of the molecule is Cc1c([N+](=O)[O-])c([N+](=O)[O-])nn1CC(=O)Nc1nn(Cc2ccc(Cl)c(Cl)c2)cc1Br. The summed E-state index contributed by atoms with van der Waals surface area (Å²) in [7, 11) is 0. The molecule has 1 aromatic carbocycles. The van der Waals surface area contributed by atoms with E-state index in [1.54, 1.807) is 29.1 Å². The highest BCUT2D eigenvalue weighted by Gasteiger charge is 2.35. The van der Waals surface area contributed by atoms with Crippen LogP contribution in [-0.4, -0.2) is 35.3 Å². The number of hydrogen-bond acceptors (Lipinski definition) is 7. The highest BCUT2D eigenvalue weighted by atomic mass is 79.9. The molecular weight excluding hydrogens is 521 g/mol. The van der Waals surface area contributed by atoms with Gasteiger partial charge in [-0.2, -0.15) is 9.78 Å². The largest absolute Gasteiger partial charge is 0.468 e. The molecule has 0 spiro atoms. The van der Waals surface area contributed by atoms with Crippen molar-refractivity contribution in [3.63, 3.8) is 0 Å². The number of carbonyl (C=O) groups is 1. The van der Waals surface area contributed by atoms with E-state index >= 15 is 0 Å². The predicted octanol–water partition coefficient (Wildman–Crippen LogP) is 3.96. The fourth-order valence-corrected chi connectivity index (χ4v) is 3.44. The smallest absolute Gasteiger partial charge is 0.358 e. The summed E-state index contributed by atoms with van der Waals surface area (Å²) in [4.78, 5) is 32.6. The molecule has 0 bridgehead atoms. The Kier molecular flexibility index (Phi) is 6.57. The molecule has 31 heavy (non-hydrogen) atoms. The molecule has 15 heteroatoms. The molecule has 1 amide bonds. The molecule has 0 unspecified atom stereocenters. The molecule has 0 aliphatic rings. The lowest BCUT2D eigenvalue weighted by Crippen LogP contribution is -2.21. The van der Waals surface area contributed by atoms with Gasteiger partial charge in [0.1, 0.15) is 12.2 Å². The lowest BCUT2D eigenvalue weighted by Gasteiger charge is -2.04. The van der Waals surface area contributed by atoms with Crippen LogP contribution in [0.15, 0.2) is 28.9 Å². The summed E-state index contributed by atoms with van der Waals surface area (Å²) in [6, 6.07) is 5.13. The maximum atomic E-state index is 12.4. The first-order valence-corrected chi connectivity index (χ1v) is 9.94. The average Bonchev–Trinajstić information content (AvgIpc) is 3.18. The molecule has 3 aromatic rings. The van der Waals surface area contributed by atoms with Gasteiger partial charge >= 0.3 is 11.5 Å². The number of rotatable bonds is 7. The number of carbonyl (C=O) groups excluding carboxylic acids is 1. The van der Waals surface area contributed by atoms with Crippen molar-refractivity contribution >= 4 is 62.4 Å². The second kappa shape index (κ2) is 8.99. The summed E-state index contributed by atoms with van der Waals surface area (Å²) in [5.41, 5.74) is -0.0463. The van der Waals surface area contributed by atoms with Gasteiger partial charge in [-0.05, 0) is 45.5 Å². The first kappa shape index (κ1) is 22.7. The van der Waals surface area contributed by atoms with Crippen molar-refractivity contribution < 1.29 is 14.6 Å². The van der Waals surface area contributed by atoms with E-state index < -0.39 is 33.8 Å². The minimum atomic E-state index is -0.971. The average molecular weight is 533 g/mol. The number of anilines is 1. The lowest BCUT2D eigenvalue weighted by molar-refractivity contribution is -0.424. The van der Waals surface area contributed by atoms with Gasteiger partial charge in [0.05, 0.1) is 31.1 Å². The van der Waals surface area contributed by atoms with Crippen molar-refractivity contribution in [3.8, 4) is 0 Å². The number of amides is 1. The Morgan fingerprint density at radius 3 is 2.48 bits per heavy atom. The zero-order valence-corrected chi connectivity index (χ0v) is 18.7. The molecule has 1 N–H and O–H groups in total. The molecule has 0 saturated carbocycles. The topological polar surface area (TPSA) is 151 Å². The minimum Gasteiger partial charge on any atom is -0.358 e. The van der Waals surface area contributed by atoms with Crippen molar-refractivity contribution in [2.45, 2.75) is 20.0 Å². The van der Waals surface area contributed by atoms with Crippen molar-refractivity contribution in [2.24, 2.45) is 0 Å². The van der Waals surface area contributed by atoms with E-state index in [4.69, 9.17) is 23.2 Å². The van der Waals surface area contributed by atoms with Crippen LogP contribution < -0.4 is 5.32 Å². The molecule has 2 heterocycles. The van der Waals surface area contributed by atoms with Gasteiger partial charge < -0.3 is 15.4 Å². The third kappa shape index (κ3) is 5.00. The number of nitro groups is 2. The number of halogens is 3. The zero-order chi connectivity index (χ0) is 22.9. The van der Waals surface area contributed by atoms with Crippen LogP contribution in [0.2, 0.25) is 10.0 Å². The van der Waals surface area contributed by atoms with E-state index in [-0.39, 0.29) is 11.5 Å². The summed E-state index contributed by atoms with van der Waals surface area (Å²) < 4.78 is 2.93. The van der Waals surface area contributed by atoms with Gasteiger partial charge in [-0.15, -0.1) is 0 Å². The van der Waals surface area contributed by atoms with E-state index in [1.807, 2.05) is 0 Å². The van der Waals surface area contributed by atoms with Crippen molar-refractivity contribution in [1.82, 2.24) is 19.6 Å². The molecular formula is C16H12BrCl2N7O5. The van der Waals surface area contributed by atoms with Crippen LogP contribution in [0.5, 0.6) is 0 Å². The Morgan fingerprint density at radius 2 is 1.90 bits per heavy atom. The molecule has 0 aliphatic heterocycles. The summed E-state index contributed by atoms with van der Waals surface area (Å²) in [6.07, 6.45) is 1.63. The first-order valence-electron chi connectivity index (χ1n) is 8.39. The minimum absolute atomic E-state index is 0.115. The molecule has 2 aromatic heterocycles. The molecule has 0 radical (unpaired) electrons. The molecule has 0 saturated heterocycles. The van der Waals surface area contributed by atoms with Crippen molar-refractivity contribution in [1.29, 1.82) is 0 Å². The number of nitrogens with one attached hydrogen (secondary N) is 1. The molecule has 3 rings (SSSR count). The zero-order valence-electron chi connectivity index (χ0n) is 15.6. The summed E-state index contributed by atoms with van der Waals surface area (Å²) in [5, 5.41) is 33.3. The fourth-order valence-electron chi connectivity index (χ4n) is 2.71. The second-order valence-electron chi connectivity index (χ2n) is 6.25. The molecule has 0 fully saturated rings. The van der Waals surface area contributed by atoms with Crippen LogP contribution >= 0.6 is 39.1 Å². The van der Waals surface area contributed by atoms with E-state index in [1.165, 1.54) is 6.92 Å². The van der Waals surface area contributed by atoms with E-state index in [2.05, 4.69) is 31.4 Å². The van der Waals surface area contributed by atoms with Crippen LogP contribution in [-0.2, 0) is 17.9 Å². The fraction of sp³-hybridized carbons (Fsp3) is 0.188. The van der Waals surface area contributed by atoms with Crippen LogP contribution in [0, 0.1) is 27.2 Å². The predicted molar refractivity (Wildman–Crippen MR) is 114 cm³/mol. The highest BCUT2D eigenvalue weighted by molar-refractivity contribution is 9.10. The molecule has 0 atom stereocenters. The third-order valence-electron chi connectivity index (χ3n) is 4.11. The quantitative estimate of drug-likeness (QED) is 0.357. The number of benzene rings is 1. The Hall–Kier alpha value is -3.03. The Bertz CT molecular complexity index is 1210. The van der Waals surface area contributed by atoms with Crippen molar-refractivity contribution in [3.05, 3.63) is 70.4 Å². The van der Waals surface area contributed by atoms with Gasteiger partial charge in [-0.25, -0.2) is 0 Å². The van der Waals surface area contributed by atoms with Crippen LogP contribution in [0.1, 0.15) is 11.3 Å². The summed E-state index contributed by atoms with van der Waals surface area (Å²) in [5.74, 6) is -1.36. The first-order chi connectivity index (χ1) is 14.6. The molecule has 162 valence electrons. The van der Waals surface area contributed by atoms with E-state index in [0.29, 0.717) is 21.1 Å². The van der Waals surface area contributed by atoms with Crippen LogP contribution in [0.4, 0.5) is 17.3 Å². The maximum absolute atomic E-state index is 12.4. The van der Waals surface area contributed by atoms with Gasteiger partial charge in [0.2, 0.25) is 5.91 Å². The van der Waals surface area contributed by atoms with Gasteiger partial charge in [-0.1, -0.05) is 29.3 Å². The third-order valence-corrected chi connectivity index (χ3v) is 5.43. The standard InChI is InChI=1S/C16H12BrCl2N7O5/c1-8-14(25(28)29)16(26(30)31)22-24(8)7-13(27)20-15-10(17)6-23(21-15)5-9-2-3-11(18)12(19)4-9/h2-4,6H,5,7H2,1H3,(H,20,21,27). The monoisotopic (exact) mass is 531 g/mol. The van der Waals surface area contributed by atoms with Gasteiger partial charge in [0.25, 0.3) is 0 Å². The Labute approximate surface area is 192 Å². The highest BCUT2D eigenvalue weighted by Crippen LogP contribution is 2.29. The Morgan fingerprint density at radius 1 is 1.19 bits per heavy atom. The molecule has 12 nitrogen and oxygen atoms in total. The number of hydrogen-bond donors (Lipinski definition) is 1. The van der Waals surface area contributed by atoms with Crippen LogP contribution in [0.3, 0.4) is 0 Å².